The molecule has 78 valence electrons. The normalized spacial score (nSPS) is 27.0. The molecule has 0 aromatic rings. The van der Waals surface area contributed by atoms with Crippen molar-refractivity contribution in [3.05, 3.63) is 0 Å². The minimum Gasteiger partial charge on any atom is -0.458 e. The van der Waals surface area contributed by atoms with Crippen LogP contribution in [-0.4, -0.2) is 23.7 Å². The Morgan fingerprint density at radius 2 is 2.21 bits per heavy atom. The van der Waals surface area contributed by atoms with Crippen molar-refractivity contribution in [1.82, 2.24) is 5.32 Å². The zero-order chi connectivity index (χ0) is 10.8. The number of rotatable bonds is 1. The molecule has 1 N–H and O–H groups in total. The van der Waals surface area contributed by atoms with E-state index in [2.05, 4.69) is 11.2 Å². The first kappa shape index (κ1) is 11.1. The van der Waals surface area contributed by atoms with Crippen LogP contribution in [0.1, 0.15) is 33.6 Å². The molecule has 1 rings (SSSR count). The van der Waals surface area contributed by atoms with Gasteiger partial charge >= 0.3 is 5.97 Å². The van der Waals surface area contributed by atoms with Gasteiger partial charge in [-0.05, 0) is 40.2 Å². The summed E-state index contributed by atoms with van der Waals surface area (Å²) in [5, 5.41) is 3.03. The SMILES string of the molecule is C#C[C@]1(C(=O)OC(C)(C)C)CCCN1. The fraction of sp³-hybridized carbons (Fsp3) is 0.727. The molecule has 0 aromatic heterocycles. The van der Waals surface area contributed by atoms with Gasteiger partial charge in [0.2, 0.25) is 0 Å². The predicted octanol–water partition coefficient (Wildman–Crippen LogP) is 1.08. The van der Waals surface area contributed by atoms with E-state index in [0.29, 0.717) is 6.42 Å². The Bertz CT molecular complexity index is 264. The summed E-state index contributed by atoms with van der Waals surface area (Å²) in [5.41, 5.74) is -1.36. The second-order valence-electron chi connectivity index (χ2n) is 4.58. The number of terminal acetylenes is 1. The molecule has 1 aliphatic rings. The van der Waals surface area contributed by atoms with Crippen LogP contribution in [0.15, 0.2) is 0 Å². The van der Waals surface area contributed by atoms with Gasteiger partial charge in [-0.15, -0.1) is 6.42 Å². The van der Waals surface area contributed by atoms with E-state index in [4.69, 9.17) is 11.2 Å². The quantitative estimate of drug-likeness (QED) is 0.502. The maximum Gasteiger partial charge on any atom is 0.339 e. The van der Waals surface area contributed by atoms with Crippen LogP contribution in [0.2, 0.25) is 0 Å². The maximum absolute atomic E-state index is 11.8. The Hall–Kier alpha value is -1.01. The summed E-state index contributed by atoms with van der Waals surface area (Å²) in [6.45, 7) is 6.29. The zero-order valence-electron chi connectivity index (χ0n) is 9.02. The van der Waals surface area contributed by atoms with Crippen LogP contribution in [0.5, 0.6) is 0 Å². The van der Waals surface area contributed by atoms with Gasteiger partial charge in [0, 0.05) is 0 Å². The lowest BCUT2D eigenvalue weighted by Gasteiger charge is -2.27. The Morgan fingerprint density at radius 3 is 2.57 bits per heavy atom. The number of carbonyl (C=O) groups excluding carboxylic acids is 1. The molecule has 0 aromatic carbocycles. The van der Waals surface area contributed by atoms with Crippen LogP contribution >= 0.6 is 0 Å². The fourth-order valence-electron chi connectivity index (χ4n) is 1.47. The van der Waals surface area contributed by atoms with E-state index in [9.17, 15) is 4.79 Å². The molecule has 1 heterocycles. The van der Waals surface area contributed by atoms with Gasteiger partial charge in [0.15, 0.2) is 5.54 Å². The van der Waals surface area contributed by atoms with Gasteiger partial charge in [-0.3, -0.25) is 5.32 Å². The van der Waals surface area contributed by atoms with Gasteiger partial charge < -0.3 is 4.74 Å². The summed E-state index contributed by atoms with van der Waals surface area (Å²) in [6.07, 6.45) is 6.96. The molecule has 14 heavy (non-hydrogen) atoms. The summed E-state index contributed by atoms with van der Waals surface area (Å²) in [7, 11) is 0. The van der Waals surface area contributed by atoms with Gasteiger partial charge in [-0.2, -0.15) is 0 Å². The lowest BCUT2D eigenvalue weighted by Crippen LogP contribution is -2.49. The highest BCUT2D eigenvalue weighted by molar-refractivity contribution is 5.85. The van der Waals surface area contributed by atoms with E-state index in [0.717, 1.165) is 13.0 Å². The van der Waals surface area contributed by atoms with Gasteiger partial charge in [-0.25, -0.2) is 4.79 Å². The molecule has 1 aliphatic heterocycles. The third-order valence-electron chi connectivity index (χ3n) is 2.15. The number of hydrogen-bond acceptors (Lipinski definition) is 3. The Morgan fingerprint density at radius 1 is 1.57 bits per heavy atom. The zero-order valence-corrected chi connectivity index (χ0v) is 9.02. The topological polar surface area (TPSA) is 38.3 Å². The van der Waals surface area contributed by atoms with Gasteiger partial charge in [0.25, 0.3) is 0 Å². The van der Waals surface area contributed by atoms with Crippen LogP contribution in [-0.2, 0) is 9.53 Å². The number of carbonyl (C=O) groups is 1. The molecule has 0 saturated carbocycles. The molecule has 1 atom stereocenters. The number of esters is 1. The minimum absolute atomic E-state index is 0.329. The molecule has 0 amide bonds. The van der Waals surface area contributed by atoms with Gasteiger partial charge in [0.05, 0.1) is 0 Å². The average molecular weight is 195 g/mol. The summed E-state index contributed by atoms with van der Waals surface area (Å²) in [4.78, 5) is 11.8. The third-order valence-corrected chi connectivity index (χ3v) is 2.15. The van der Waals surface area contributed by atoms with Crippen LogP contribution in [0.4, 0.5) is 0 Å². The fourth-order valence-corrected chi connectivity index (χ4v) is 1.47. The van der Waals surface area contributed by atoms with Crippen molar-refractivity contribution in [1.29, 1.82) is 0 Å². The summed E-state index contributed by atoms with van der Waals surface area (Å²) in [5.74, 6) is 2.19. The Labute approximate surface area is 85.2 Å². The third kappa shape index (κ3) is 2.27. The van der Waals surface area contributed by atoms with E-state index >= 15 is 0 Å². The second-order valence-corrected chi connectivity index (χ2v) is 4.58. The molecule has 0 aliphatic carbocycles. The monoisotopic (exact) mass is 195 g/mol. The van der Waals surface area contributed by atoms with Crippen molar-refractivity contribution < 1.29 is 9.53 Å². The second kappa shape index (κ2) is 3.62. The van der Waals surface area contributed by atoms with Crippen molar-refractivity contribution >= 4 is 5.97 Å². The standard InChI is InChI=1S/C11H17NO2/c1-5-11(7-6-8-12-11)9(13)14-10(2,3)4/h1,12H,6-8H2,2-4H3/t11-/m1/s1. The lowest BCUT2D eigenvalue weighted by molar-refractivity contribution is -0.160. The highest BCUT2D eigenvalue weighted by Crippen LogP contribution is 2.22. The summed E-state index contributed by atoms with van der Waals surface area (Å²) in [6, 6.07) is 0. The van der Waals surface area contributed by atoms with E-state index in [1.165, 1.54) is 0 Å². The molecular weight excluding hydrogens is 178 g/mol. The van der Waals surface area contributed by atoms with E-state index in [1.54, 1.807) is 0 Å². The van der Waals surface area contributed by atoms with E-state index < -0.39 is 11.1 Å². The minimum atomic E-state index is -0.882. The van der Waals surface area contributed by atoms with Gasteiger partial charge in [0.1, 0.15) is 5.60 Å². The Kier molecular flexibility index (Phi) is 2.86. The number of nitrogens with one attached hydrogen (secondary N) is 1. The first-order chi connectivity index (χ1) is 6.40. The Balaban J connectivity index is 2.72. The lowest BCUT2D eigenvalue weighted by atomic mass is 9.98. The molecule has 0 spiro atoms. The molecule has 3 nitrogen and oxygen atoms in total. The van der Waals surface area contributed by atoms with Crippen molar-refractivity contribution in [3.8, 4) is 12.3 Å². The van der Waals surface area contributed by atoms with Crippen molar-refractivity contribution in [3.63, 3.8) is 0 Å². The first-order valence-electron chi connectivity index (χ1n) is 4.86. The van der Waals surface area contributed by atoms with Gasteiger partial charge in [-0.1, -0.05) is 5.92 Å². The van der Waals surface area contributed by atoms with Crippen molar-refractivity contribution in [2.75, 3.05) is 6.54 Å². The number of ether oxygens (including phenoxy) is 1. The van der Waals surface area contributed by atoms with Crippen LogP contribution in [0.3, 0.4) is 0 Å². The maximum atomic E-state index is 11.8. The molecule has 0 unspecified atom stereocenters. The molecule has 1 fully saturated rings. The van der Waals surface area contributed by atoms with Crippen LogP contribution < -0.4 is 5.32 Å². The molecule has 0 radical (unpaired) electrons. The van der Waals surface area contributed by atoms with E-state index in [-0.39, 0.29) is 5.97 Å². The summed E-state index contributed by atoms with van der Waals surface area (Å²) >= 11 is 0. The van der Waals surface area contributed by atoms with Crippen molar-refractivity contribution in [2.45, 2.75) is 44.8 Å². The molecule has 3 heteroatoms. The molecule has 1 saturated heterocycles. The smallest absolute Gasteiger partial charge is 0.339 e. The molecular formula is C11H17NO2. The predicted molar refractivity (Wildman–Crippen MR) is 54.6 cm³/mol. The van der Waals surface area contributed by atoms with E-state index in [1.807, 2.05) is 20.8 Å². The average Bonchev–Trinajstić information content (AvgIpc) is 2.49. The summed E-state index contributed by atoms with van der Waals surface area (Å²) < 4.78 is 5.27. The van der Waals surface area contributed by atoms with Crippen LogP contribution in [0.25, 0.3) is 0 Å². The highest BCUT2D eigenvalue weighted by Gasteiger charge is 2.42. The largest absolute Gasteiger partial charge is 0.458 e. The van der Waals surface area contributed by atoms with Crippen molar-refractivity contribution in [2.24, 2.45) is 0 Å². The molecule has 0 bridgehead atoms. The highest BCUT2D eigenvalue weighted by atomic mass is 16.6. The first-order valence-corrected chi connectivity index (χ1v) is 4.86. The van der Waals surface area contributed by atoms with Crippen LogP contribution in [0, 0.1) is 12.3 Å². The number of hydrogen-bond donors (Lipinski definition) is 1.